The minimum absolute atomic E-state index is 1.14. The van der Waals surface area contributed by atoms with Gasteiger partial charge in [0.25, 0.3) is 0 Å². The van der Waals surface area contributed by atoms with Crippen molar-refractivity contribution in [1.29, 1.82) is 0 Å². The van der Waals surface area contributed by atoms with Crippen LogP contribution in [0.4, 0.5) is 0 Å². The minimum atomic E-state index is 1.14. The molecule has 0 fully saturated rings. The molecular weight excluding hydrogens is 152 g/mol. The molecule has 0 saturated heterocycles. The Labute approximate surface area is 63.7 Å². The number of rotatable bonds is 1. The molecule has 1 aromatic rings. The van der Waals surface area contributed by atoms with Gasteiger partial charge >= 0.3 is 0 Å². The van der Waals surface area contributed by atoms with E-state index >= 15 is 0 Å². The third-order valence-electron chi connectivity index (χ3n) is 1.18. The first-order chi connectivity index (χ1) is 4.34. The summed E-state index contributed by atoms with van der Waals surface area (Å²) >= 11 is 0. The maximum Gasteiger partial charge on any atom is 0.0262 e. The Hall–Kier alpha value is -0.140. The highest BCUT2D eigenvalue weighted by molar-refractivity contribution is 8.21. The lowest BCUT2D eigenvalue weighted by atomic mass is 10.2. The maximum absolute atomic E-state index is 5.55. The maximum atomic E-state index is 5.55. The van der Waals surface area contributed by atoms with Gasteiger partial charge in [0, 0.05) is 4.90 Å². The van der Waals surface area contributed by atoms with Crippen LogP contribution in [0, 0.1) is 6.92 Å². The second-order valence-electron chi connectivity index (χ2n) is 1.84. The Kier molecular flexibility index (Phi) is 2.43. The van der Waals surface area contributed by atoms with Gasteiger partial charge in [0.15, 0.2) is 0 Å². The molecule has 9 heavy (non-hydrogen) atoms. The third kappa shape index (κ3) is 1.63. The smallest absolute Gasteiger partial charge is 0.0262 e. The van der Waals surface area contributed by atoms with Gasteiger partial charge < -0.3 is 0 Å². The average molecular weight is 159 g/mol. The van der Waals surface area contributed by atoms with Gasteiger partial charge in [0.05, 0.1) is 0 Å². The van der Waals surface area contributed by atoms with Crippen LogP contribution in [-0.4, -0.2) is 0 Å². The number of halogens is 1. The van der Waals surface area contributed by atoms with Crippen LogP contribution in [0.5, 0.6) is 0 Å². The first-order valence-electron chi connectivity index (χ1n) is 2.69. The van der Waals surface area contributed by atoms with E-state index < -0.39 is 0 Å². The molecule has 0 aliphatic carbocycles. The van der Waals surface area contributed by atoms with Crippen LogP contribution in [0.1, 0.15) is 5.56 Å². The Balaban J connectivity index is 3.01. The van der Waals surface area contributed by atoms with Crippen LogP contribution in [0.15, 0.2) is 29.2 Å². The Bertz CT molecular complexity index is 198. The number of aryl methyl sites for hydroxylation is 1. The van der Waals surface area contributed by atoms with E-state index in [0.717, 1.165) is 4.90 Å². The molecule has 0 aromatic heterocycles. The molecule has 48 valence electrons. The van der Waals surface area contributed by atoms with E-state index in [4.69, 9.17) is 10.7 Å². The summed E-state index contributed by atoms with van der Waals surface area (Å²) in [4.78, 5) is 1.14. The second kappa shape index (κ2) is 3.14. The van der Waals surface area contributed by atoms with E-state index in [1.54, 1.807) is 0 Å². The predicted molar refractivity (Wildman–Crippen MR) is 42.9 cm³/mol. The van der Waals surface area contributed by atoms with E-state index in [-0.39, 0.29) is 0 Å². The molecule has 0 N–H and O–H groups in total. The topological polar surface area (TPSA) is 0 Å². The molecule has 0 saturated carbocycles. The van der Waals surface area contributed by atoms with Crippen LogP contribution in [0.25, 0.3) is 0 Å². The van der Waals surface area contributed by atoms with Crippen molar-refractivity contribution in [3.63, 3.8) is 0 Å². The van der Waals surface area contributed by atoms with Crippen molar-refractivity contribution in [2.75, 3.05) is 0 Å². The molecule has 0 aliphatic heterocycles. The zero-order valence-corrected chi connectivity index (χ0v) is 6.67. The standard InChI is InChI=1S/C7H7ClS/c1-6-4-2-3-5-7(6)9-8/h2-5H,1H3. The lowest BCUT2D eigenvalue weighted by molar-refractivity contribution is 1.31. The fourth-order valence-corrected chi connectivity index (χ4v) is 1.48. The summed E-state index contributed by atoms with van der Waals surface area (Å²) in [5, 5.41) is 0. The summed E-state index contributed by atoms with van der Waals surface area (Å²) in [7, 11) is 6.82. The summed E-state index contributed by atoms with van der Waals surface area (Å²) < 4.78 is 0. The van der Waals surface area contributed by atoms with Gasteiger partial charge in [0.2, 0.25) is 0 Å². The van der Waals surface area contributed by atoms with Gasteiger partial charge in [-0.3, -0.25) is 0 Å². The lowest BCUT2D eigenvalue weighted by Gasteiger charge is -1.95. The third-order valence-corrected chi connectivity index (χ3v) is 2.30. The molecule has 0 nitrogen and oxygen atoms in total. The Morgan fingerprint density at radius 2 is 2.00 bits per heavy atom. The van der Waals surface area contributed by atoms with E-state index in [1.165, 1.54) is 16.5 Å². The van der Waals surface area contributed by atoms with Crippen molar-refractivity contribution in [3.8, 4) is 0 Å². The zero-order valence-electron chi connectivity index (χ0n) is 5.10. The molecule has 0 unspecified atom stereocenters. The molecule has 0 radical (unpaired) electrons. The highest BCUT2D eigenvalue weighted by atomic mass is 35.7. The molecule has 0 atom stereocenters. The lowest BCUT2D eigenvalue weighted by Crippen LogP contribution is -1.72. The fraction of sp³-hybridized carbons (Fsp3) is 0.143. The van der Waals surface area contributed by atoms with Gasteiger partial charge in [-0.05, 0) is 40.2 Å². The minimum Gasteiger partial charge on any atom is -0.0619 e. The van der Waals surface area contributed by atoms with Crippen molar-refractivity contribution in [3.05, 3.63) is 29.8 Å². The first-order valence-corrected chi connectivity index (χ1v) is 4.33. The summed E-state index contributed by atoms with van der Waals surface area (Å²) in [6, 6.07) is 8.04. The predicted octanol–water partition coefficient (Wildman–Crippen LogP) is 3.24. The van der Waals surface area contributed by atoms with Gasteiger partial charge in [-0.15, -0.1) is 0 Å². The van der Waals surface area contributed by atoms with Gasteiger partial charge in [-0.2, -0.15) is 0 Å². The molecule has 0 aliphatic rings. The van der Waals surface area contributed by atoms with Crippen LogP contribution >= 0.6 is 21.7 Å². The van der Waals surface area contributed by atoms with Crippen molar-refractivity contribution < 1.29 is 0 Å². The van der Waals surface area contributed by atoms with Crippen LogP contribution in [0.2, 0.25) is 0 Å². The summed E-state index contributed by atoms with van der Waals surface area (Å²) in [5.41, 5.74) is 1.23. The highest BCUT2D eigenvalue weighted by Crippen LogP contribution is 2.24. The van der Waals surface area contributed by atoms with E-state index in [0.29, 0.717) is 0 Å². The molecule has 0 spiro atoms. The van der Waals surface area contributed by atoms with Crippen LogP contribution < -0.4 is 0 Å². The fourth-order valence-electron chi connectivity index (χ4n) is 0.643. The van der Waals surface area contributed by atoms with Crippen LogP contribution in [-0.2, 0) is 0 Å². The van der Waals surface area contributed by atoms with Crippen molar-refractivity contribution in [2.45, 2.75) is 11.8 Å². The molecule has 1 rings (SSSR count). The summed E-state index contributed by atoms with van der Waals surface area (Å²) in [5.74, 6) is 0. The van der Waals surface area contributed by atoms with E-state index in [2.05, 4.69) is 0 Å². The van der Waals surface area contributed by atoms with Crippen molar-refractivity contribution in [1.82, 2.24) is 0 Å². The normalized spacial score (nSPS) is 9.56. The van der Waals surface area contributed by atoms with Crippen LogP contribution in [0.3, 0.4) is 0 Å². The first kappa shape index (κ1) is 6.97. The molecule has 2 heteroatoms. The SMILES string of the molecule is Cc1ccccc1SCl. The summed E-state index contributed by atoms with van der Waals surface area (Å²) in [6.07, 6.45) is 0. The molecule has 0 amide bonds. The highest BCUT2D eigenvalue weighted by Gasteiger charge is 1.92. The van der Waals surface area contributed by atoms with Crippen molar-refractivity contribution >= 4 is 21.7 Å². The van der Waals surface area contributed by atoms with Gasteiger partial charge in [-0.1, -0.05) is 18.2 Å². The number of hydrogen-bond acceptors (Lipinski definition) is 1. The summed E-state index contributed by atoms with van der Waals surface area (Å²) in [6.45, 7) is 2.05. The van der Waals surface area contributed by atoms with Crippen molar-refractivity contribution in [2.24, 2.45) is 0 Å². The zero-order chi connectivity index (χ0) is 6.69. The molecule has 1 aromatic carbocycles. The van der Waals surface area contributed by atoms with Gasteiger partial charge in [-0.25, -0.2) is 0 Å². The van der Waals surface area contributed by atoms with E-state index in [9.17, 15) is 0 Å². The average Bonchev–Trinajstić information content (AvgIpc) is 1.89. The number of hydrogen-bond donors (Lipinski definition) is 0. The Morgan fingerprint density at radius 1 is 1.33 bits per heavy atom. The monoisotopic (exact) mass is 158 g/mol. The molecule has 0 bridgehead atoms. The van der Waals surface area contributed by atoms with E-state index in [1.807, 2.05) is 31.2 Å². The largest absolute Gasteiger partial charge is 0.0619 e. The second-order valence-corrected chi connectivity index (χ2v) is 2.90. The molecular formula is C7H7ClS. The number of benzene rings is 1. The Morgan fingerprint density at radius 3 is 2.44 bits per heavy atom. The molecule has 0 heterocycles. The quantitative estimate of drug-likeness (QED) is 0.605. The van der Waals surface area contributed by atoms with Gasteiger partial charge in [0.1, 0.15) is 0 Å².